The normalized spacial score (nSPS) is 21.7. The van der Waals surface area contributed by atoms with Gasteiger partial charge in [-0.05, 0) is 66.1 Å². The van der Waals surface area contributed by atoms with Crippen LogP contribution in [0.1, 0.15) is 51.7 Å². The number of rotatable bonds is 2. The van der Waals surface area contributed by atoms with Gasteiger partial charge in [0.1, 0.15) is 0 Å². The van der Waals surface area contributed by atoms with Crippen LogP contribution < -0.4 is 0 Å². The van der Waals surface area contributed by atoms with E-state index in [1.165, 1.54) is 11.1 Å². The Morgan fingerprint density at radius 1 is 1.10 bits per heavy atom. The highest BCUT2D eigenvalue weighted by atomic mass is 16.3. The monoisotopic (exact) mass is 275 g/mol. The van der Waals surface area contributed by atoms with Gasteiger partial charge in [0.2, 0.25) is 0 Å². The Balaban J connectivity index is 2.24. The van der Waals surface area contributed by atoms with Crippen molar-refractivity contribution in [3.05, 3.63) is 35.4 Å². The molecule has 1 atom stereocenters. The summed E-state index contributed by atoms with van der Waals surface area (Å²) < 4.78 is 0. The Morgan fingerprint density at radius 2 is 1.60 bits per heavy atom. The van der Waals surface area contributed by atoms with Crippen LogP contribution in [0, 0.1) is 6.92 Å². The number of aryl methyl sites for hydroxylation is 1. The Morgan fingerprint density at radius 3 is 2.00 bits per heavy atom. The van der Waals surface area contributed by atoms with Crippen molar-refractivity contribution < 1.29 is 5.11 Å². The summed E-state index contributed by atoms with van der Waals surface area (Å²) in [5, 5.41) is 10.4. The molecule has 0 spiro atoms. The average molecular weight is 275 g/mol. The number of hydrogen-bond acceptors (Lipinski definition) is 2. The molecule has 0 aliphatic carbocycles. The molecule has 1 aliphatic rings. The second-order valence-corrected chi connectivity index (χ2v) is 7.36. The summed E-state index contributed by atoms with van der Waals surface area (Å²) in [5.41, 5.74) is 2.72. The molecule has 1 heterocycles. The molecule has 1 aromatic carbocycles. The van der Waals surface area contributed by atoms with Crippen molar-refractivity contribution in [1.29, 1.82) is 0 Å². The first kappa shape index (κ1) is 15.5. The summed E-state index contributed by atoms with van der Waals surface area (Å²) in [6.07, 6.45) is 1.77. The molecule has 2 rings (SSSR count). The molecule has 2 heteroatoms. The molecule has 1 aromatic rings. The van der Waals surface area contributed by atoms with Gasteiger partial charge in [-0.3, -0.25) is 4.90 Å². The summed E-state index contributed by atoms with van der Waals surface area (Å²) in [6, 6.07) is 8.73. The maximum Gasteiger partial charge on any atom is 0.0609 e. The van der Waals surface area contributed by atoms with Gasteiger partial charge in [0.05, 0.1) is 6.10 Å². The largest absolute Gasteiger partial charge is 0.392 e. The van der Waals surface area contributed by atoms with Crippen molar-refractivity contribution >= 4 is 0 Å². The molecule has 0 saturated carbocycles. The van der Waals surface area contributed by atoms with E-state index in [2.05, 4.69) is 56.9 Å². The molecule has 1 aliphatic heterocycles. The highest BCUT2D eigenvalue weighted by Crippen LogP contribution is 2.40. The fourth-order valence-electron chi connectivity index (χ4n) is 3.41. The Hall–Kier alpha value is -0.860. The molecule has 0 aromatic heterocycles. The van der Waals surface area contributed by atoms with Gasteiger partial charge in [0.15, 0.2) is 0 Å². The quantitative estimate of drug-likeness (QED) is 0.893. The van der Waals surface area contributed by atoms with Crippen molar-refractivity contribution in [2.45, 2.75) is 64.5 Å². The topological polar surface area (TPSA) is 23.5 Å². The van der Waals surface area contributed by atoms with Crippen molar-refractivity contribution in [3.8, 4) is 0 Å². The molecule has 0 bridgehead atoms. The van der Waals surface area contributed by atoms with Gasteiger partial charge >= 0.3 is 0 Å². The van der Waals surface area contributed by atoms with E-state index in [4.69, 9.17) is 0 Å². The number of nitrogens with zero attached hydrogens (tertiary/aromatic N) is 1. The molecule has 0 radical (unpaired) electrons. The van der Waals surface area contributed by atoms with E-state index < -0.39 is 0 Å². The van der Waals surface area contributed by atoms with E-state index in [-0.39, 0.29) is 17.1 Å². The first-order valence-electron chi connectivity index (χ1n) is 7.76. The summed E-state index contributed by atoms with van der Waals surface area (Å²) in [7, 11) is 0. The van der Waals surface area contributed by atoms with Gasteiger partial charge < -0.3 is 5.11 Å². The first-order valence-corrected chi connectivity index (χ1v) is 7.76. The number of benzene rings is 1. The lowest BCUT2D eigenvalue weighted by Crippen LogP contribution is -2.53. The number of likely N-dealkylation sites (tertiary alicyclic amines) is 1. The van der Waals surface area contributed by atoms with Crippen molar-refractivity contribution in [2.24, 2.45) is 0 Å². The molecule has 20 heavy (non-hydrogen) atoms. The fourth-order valence-corrected chi connectivity index (χ4v) is 3.41. The minimum atomic E-state index is -0.299. The zero-order chi connectivity index (χ0) is 15.0. The van der Waals surface area contributed by atoms with E-state index in [9.17, 15) is 5.11 Å². The molecule has 1 saturated heterocycles. The summed E-state index contributed by atoms with van der Waals surface area (Å²) in [6.45, 7) is 13.0. The van der Waals surface area contributed by atoms with Crippen molar-refractivity contribution in [1.82, 2.24) is 4.90 Å². The molecular weight excluding hydrogens is 246 g/mol. The Bertz CT molecular complexity index is 433. The highest BCUT2D eigenvalue weighted by molar-refractivity contribution is 5.31. The van der Waals surface area contributed by atoms with Gasteiger partial charge in [-0.1, -0.05) is 29.8 Å². The van der Waals surface area contributed by atoms with Crippen LogP contribution in [-0.4, -0.2) is 34.7 Å². The maximum absolute atomic E-state index is 10.4. The average Bonchev–Trinajstić information content (AvgIpc) is 2.38. The number of aliphatic hydroxyl groups excluding tert-OH is 1. The van der Waals surface area contributed by atoms with Gasteiger partial charge in [0, 0.05) is 11.0 Å². The summed E-state index contributed by atoms with van der Waals surface area (Å²) in [5.74, 6) is 0. The van der Waals surface area contributed by atoms with Gasteiger partial charge in [-0.2, -0.15) is 0 Å². The predicted molar refractivity (Wildman–Crippen MR) is 85.1 cm³/mol. The molecule has 1 N–H and O–H groups in total. The first-order chi connectivity index (χ1) is 9.25. The predicted octanol–water partition coefficient (Wildman–Crippen LogP) is 3.51. The fraction of sp³-hybridized carbons (Fsp3) is 0.667. The van der Waals surface area contributed by atoms with E-state index in [0.717, 1.165) is 25.9 Å². The number of piperidine rings is 1. The third kappa shape index (κ3) is 2.91. The zero-order valence-electron chi connectivity index (χ0n) is 13.6. The molecule has 0 amide bonds. The molecule has 2 nitrogen and oxygen atoms in total. The third-order valence-corrected chi connectivity index (χ3v) is 5.03. The summed E-state index contributed by atoms with van der Waals surface area (Å²) in [4.78, 5) is 2.53. The van der Waals surface area contributed by atoms with Crippen LogP contribution in [0.15, 0.2) is 24.3 Å². The standard InChI is InChI=1S/C18H29NO/c1-14-6-8-16(9-7-14)18(15(2)20)10-12-19(13-11-18)17(3,4)5/h6-9,15,20H,10-13H2,1-5H3. The summed E-state index contributed by atoms with van der Waals surface area (Å²) >= 11 is 0. The second-order valence-electron chi connectivity index (χ2n) is 7.36. The van der Waals surface area contributed by atoms with Gasteiger partial charge in [0.25, 0.3) is 0 Å². The van der Waals surface area contributed by atoms with Gasteiger partial charge in [-0.15, -0.1) is 0 Å². The highest BCUT2D eigenvalue weighted by Gasteiger charge is 2.41. The van der Waals surface area contributed by atoms with Crippen LogP contribution >= 0.6 is 0 Å². The van der Waals surface area contributed by atoms with Crippen LogP contribution in [0.4, 0.5) is 0 Å². The van der Waals surface area contributed by atoms with Crippen LogP contribution in [0.2, 0.25) is 0 Å². The number of hydrogen-bond donors (Lipinski definition) is 1. The second kappa shape index (κ2) is 5.50. The minimum absolute atomic E-state index is 0.0740. The van der Waals surface area contributed by atoms with Gasteiger partial charge in [-0.25, -0.2) is 0 Å². The zero-order valence-corrected chi connectivity index (χ0v) is 13.6. The third-order valence-electron chi connectivity index (χ3n) is 5.03. The molecule has 112 valence electrons. The molecule has 1 fully saturated rings. The van der Waals surface area contributed by atoms with E-state index >= 15 is 0 Å². The lowest BCUT2D eigenvalue weighted by molar-refractivity contribution is 0.0130. The number of aliphatic hydroxyl groups is 1. The van der Waals surface area contributed by atoms with Crippen molar-refractivity contribution in [3.63, 3.8) is 0 Å². The SMILES string of the molecule is Cc1ccc(C2(C(C)O)CCN(C(C)(C)C)CC2)cc1. The Labute approximate surface area is 123 Å². The van der Waals surface area contributed by atoms with Crippen LogP contribution in [0.3, 0.4) is 0 Å². The smallest absolute Gasteiger partial charge is 0.0609 e. The minimum Gasteiger partial charge on any atom is -0.392 e. The van der Waals surface area contributed by atoms with Crippen molar-refractivity contribution in [2.75, 3.05) is 13.1 Å². The molecule has 1 unspecified atom stereocenters. The van der Waals surface area contributed by atoms with Crippen LogP contribution in [-0.2, 0) is 5.41 Å². The maximum atomic E-state index is 10.4. The van der Waals surface area contributed by atoms with E-state index in [0.29, 0.717) is 0 Å². The molecular formula is C18H29NO. The van der Waals surface area contributed by atoms with Crippen LogP contribution in [0.25, 0.3) is 0 Å². The Kier molecular flexibility index (Phi) is 4.27. The van der Waals surface area contributed by atoms with Crippen LogP contribution in [0.5, 0.6) is 0 Å². The lowest BCUT2D eigenvalue weighted by Gasteiger charge is -2.48. The van der Waals surface area contributed by atoms with E-state index in [1.54, 1.807) is 0 Å². The lowest BCUT2D eigenvalue weighted by atomic mass is 9.68. The van der Waals surface area contributed by atoms with E-state index in [1.807, 2.05) is 6.92 Å².